The first kappa shape index (κ1) is 5.58. The number of nitrogens with one attached hydrogen (secondary N) is 1. The molecule has 1 heterocycles. The highest BCUT2D eigenvalue weighted by molar-refractivity contribution is 4.83. The average molecular weight is 110 g/mol. The quantitative estimate of drug-likeness (QED) is 0.538. The lowest BCUT2D eigenvalue weighted by molar-refractivity contribution is 0.620. The van der Waals surface area contributed by atoms with Gasteiger partial charge in [0.05, 0.1) is 12.5 Å². The maximum atomic E-state index is 8.24. The van der Waals surface area contributed by atoms with Crippen molar-refractivity contribution in [3.05, 3.63) is 0 Å². The Labute approximate surface area is 49.5 Å². The van der Waals surface area contributed by atoms with Crippen molar-refractivity contribution in [2.45, 2.75) is 25.3 Å². The van der Waals surface area contributed by atoms with Crippen molar-refractivity contribution >= 4 is 0 Å². The molecule has 1 rings (SSSR count). The molecule has 1 unspecified atom stereocenters. The summed E-state index contributed by atoms with van der Waals surface area (Å²) >= 11 is 0. The fourth-order valence-corrected chi connectivity index (χ4v) is 1.04. The Morgan fingerprint density at radius 2 is 2.62 bits per heavy atom. The summed E-state index contributed by atoms with van der Waals surface area (Å²) in [6.07, 6.45) is 3.11. The van der Waals surface area contributed by atoms with Gasteiger partial charge in [-0.1, -0.05) is 0 Å². The summed E-state index contributed by atoms with van der Waals surface area (Å²) in [7, 11) is 0. The molecular formula is C6H10N2. The second-order valence-electron chi connectivity index (χ2n) is 2.16. The van der Waals surface area contributed by atoms with Crippen molar-refractivity contribution in [3.63, 3.8) is 0 Å². The van der Waals surface area contributed by atoms with Crippen LogP contribution in [0, 0.1) is 11.3 Å². The molecular weight excluding hydrogens is 100 g/mol. The summed E-state index contributed by atoms with van der Waals surface area (Å²) in [5.74, 6) is 0. The van der Waals surface area contributed by atoms with Gasteiger partial charge in [0.1, 0.15) is 0 Å². The van der Waals surface area contributed by atoms with E-state index in [1.54, 1.807) is 0 Å². The number of nitriles is 1. The summed E-state index contributed by atoms with van der Waals surface area (Å²) in [6.45, 7) is 1.10. The third-order valence-corrected chi connectivity index (χ3v) is 1.50. The predicted molar refractivity (Wildman–Crippen MR) is 31.3 cm³/mol. The molecule has 0 aromatic rings. The second-order valence-corrected chi connectivity index (χ2v) is 2.16. The highest BCUT2D eigenvalue weighted by Crippen LogP contribution is 2.06. The van der Waals surface area contributed by atoms with E-state index in [4.69, 9.17) is 5.26 Å². The minimum atomic E-state index is 0.500. The molecule has 1 fully saturated rings. The third kappa shape index (κ3) is 1.21. The standard InChI is InChI=1S/C6H10N2/c7-4-3-6-2-1-5-8-6/h6,8H,1-3,5H2. The van der Waals surface area contributed by atoms with Crippen molar-refractivity contribution in [2.24, 2.45) is 0 Å². The lowest BCUT2D eigenvalue weighted by Gasteiger charge is -2.00. The second kappa shape index (κ2) is 2.68. The highest BCUT2D eigenvalue weighted by Gasteiger charge is 2.11. The molecule has 0 aliphatic carbocycles. The molecule has 0 amide bonds. The maximum absolute atomic E-state index is 8.24. The van der Waals surface area contributed by atoms with Crippen LogP contribution in [-0.4, -0.2) is 12.6 Å². The summed E-state index contributed by atoms with van der Waals surface area (Å²) in [4.78, 5) is 0. The topological polar surface area (TPSA) is 35.8 Å². The Morgan fingerprint density at radius 1 is 1.75 bits per heavy atom. The minimum absolute atomic E-state index is 0.500. The van der Waals surface area contributed by atoms with Crippen LogP contribution in [0.2, 0.25) is 0 Å². The van der Waals surface area contributed by atoms with Gasteiger partial charge in [-0.25, -0.2) is 0 Å². The van der Waals surface area contributed by atoms with E-state index in [1.165, 1.54) is 12.8 Å². The SMILES string of the molecule is N#CCC1CCCN1. The van der Waals surface area contributed by atoms with Gasteiger partial charge in [0, 0.05) is 6.04 Å². The molecule has 0 saturated carbocycles. The number of hydrogen-bond acceptors (Lipinski definition) is 2. The molecule has 1 saturated heterocycles. The van der Waals surface area contributed by atoms with Crippen LogP contribution >= 0.6 is 0 Å². The molecule has 0 radical (unpaired) electrons. The van der Waals surface area contributed by atoms with Crippen LogP contribution in [0.1, 0.15) is 19.3 Å². The molecule has 0 aromatic carbocycles. The zero-order valence-electron chi connectivity index (χ0n) is 4.85. The van der Waals surface area contributed by atoms with E-state index in [-0.39, 0.29) is 0 Å². The van der Waals surface area contributed by atoms with E-state index in [1.807, 2.05) is 0 Å². The first-order valence-corrected chi connectivity index (χ1v) is 3.04. The van der Waals surface area contributed by atoms with E-state index in [2.05, 4.69) is 11.4 Å². The molecule has 1 aliphatic rings. The van der Waals surface area contributed by atoms with Crippen molar-refractivity contribution in [3.8, 4) is 6.07 Å². The largest absolute Gasteiger partial charge is 0.313 e. The fourth-order valence-electron chi connectivity index (χ4n) is 1.04. The summed E-state index contributed by atoms with van der Waals surface area (Å²) in [5, 5.41) is 11.5. The van der Waals surface area contributed by atoms with Gasteiger partial charge in [-0.2, -0.15) is 5.26 Å². The van der Waals surface area contributed by atoms with E-state index >= 15 is 0 Å². The smallest absolute Gasteiger partial charge is 0.0638 e. The fraction of sp³-hybridized carbons (Fsp3) is 0.833. The van der Waals surface area contributed by atoms with Gasteiger partial charge in [-0.15, -0.1) is 0 Å². The average Bonchev–Trinajstić information content (AvgIpc) is 2.19. The lowest BCUT2D eigenvalue weighted by atomic mass is 10.2. The Bertz CT molecular complexity index is 97.6. The lowest BCUT2D eigenvalue weighted by Crippen LogP contribution is -2.19. The number of nitrogens with zero attached hydrogens (tertiary/aromatic N) is 1. The first-order chi connectivity index (χ1) is 3.93. The van der Waals surface area contributed by atoms with Crippen LogP contribution in [0.4, 0.5) is 0 Å². The van der Waals surface area contributed by atoms with Crippen molar-refractivity contribution < 1.29 is 0 Å². The van der Waals surface area contributed by atoms with Gasteiger partial charge in [-0.3, -0.25) is 0 Å². The molecule has 0 aromatic heterocycles. The zero-order chi connectivity index (χ0) is 5.82. The van der Waals surface area contributed by atoms with E-state index in [0.29, 0.717) is 12.5 Å². The highest BCUT2D eigenvalue weighted by atomic mass is 14.9. The molecule has 2 heteroatoms. The Morgan fingerprint density at radius 3 is 3.12 bits per heavy atom. The van der Waals surface area contributed by atoms with Gasteiger partial charge in [0.25, 0.3) is 0 Å². The molecule has 0 bridgehead atoms. The van der Waals surface area contributed by atoms with Crippen molar-refractivity contribution in [1.82, 2.24) is 5.32 Å². The summed E-state index contributed by atoms with van der Waals surface area (Å²) < 4.78 is 0. The van der Waals surface area contributed by atoms with E-state index in [9.17, 15) is 0 Å². The first-order valence-electron chi connectivity index (χ1n) is 3.04. The predicted octanol–water partition coefficient (Wildman–Crippen LogP) is 0.652. The molecule has 44 valence electrons. The molecule has 0 spiro atoms. The van der Waals surface area contributed by atoms with Gasteiger partial charge >= 0.3 is 0 Å². The van der Waals surface area contributed by atoms with Gasteiger partial charge in [-0.05, 0) is 19.4 Å². The monoisotopic (exact) mass is 110 g/mol. The van der Waals surface area contributed by atoms with Crippen LogP contribution in [0.25, 0.3) is 0 Å². The molecule has 1 N–H and O–H groups in total. The van der Waals surface area contributed by atoms with Crippen LogP contribution < -0.4 is 5.32 Å². The number of hydrogen-bond donors (Lipinski definition) is 1. The Kier molecular flexibility index (Phi) is 1.87. The van der Waals surface area contributed by atoms with E-state index < -0.39 is 0 Å². The minimum Gasteiger partial charge on any atom is -0.313 e. The van der Waals surface area contributed by atoms with Crippen LogP contribution in [0.5, 0.6) is 0 Å². The summed E-state index contributed by atoms with van der Waals surface area (Å²) in [6, 6.07) is 2.65. The number of rotatable bonds is 1. The van der Waals surface area contributed by atoms with Crippen molar-refractivity contribution in [1.29, 1.82) is 5.26 Å². The van der Waals surface area contributed by atoms with Gasteiger partial charge in [0.15, 0.2) is 0 Å². The molecule has 1 aliphatic heterocycles. The van der Waals surface area contributed by atoms with Crippen LogP contribution in [-0.2, 0) is 0 Å². The third-order valence-electron chi connectivity index (χ3n) is 1.50. The van der Waals surface area contributed by atoms with Gasteiger partial charge < -0.3 is 5.32 Å². The van der Waals surface area contributed by atoms with Crippen LogP contribution in [0.3, 0.4) is 0 Å². The van der Waals surface area contributed by atoms with Gasteiger partial charge in [0.2, 0.25) is 0 Å². The normalized spacial score (nSPS) is 27.6. The molecule has 1 atom stereocenters. The molecule has 8 heavy (non-hydrogen) atoms. The Hall–Kier alpha value is -0.550. The maximum Gasteiger partial charge on any atom is 0.0638 e. The van der Waals surface area contributed by atoms with Crippen LogP contribution in [0.15, 0.2) is 0 Å². The zero-order valence-corrected chi connectivity index (χ0v) is 4.85. The van der Waals surface area contributed by atoms with Crippen molar-refractivity contribution in [2.75, 3.05) is 6.54 Å². The Balaban J connectivity index is 2.17. The molecule has 2 nitrogen and oxygen atoms in total. The van der Waals surface area contributed by atoms with E-state index in [0.717, 1.165) is 6.54 Å². The summed E-state index contributed by atoms with van der Waals surface area (Å²) in [5.41, 5.74) is 0.